The summed E-state index contributed by atoms with van der Waals surface area (Å²) in [6.45, 7) is 0. The Bertz CT molecular complexity index is 1310. The van der Waals surface area contributed by atoms with Gasteiger partial charge in [-0.15, -0.1) is 0 Å². The molecule has 0 saturated heterocycles. The number of nitrogens with zero attached hydrogens (tertiary/aromatic N) is 3. The number of fused-ring (bicyclic) bond motifs is 2. The van der Waals surface area contributed by atoms with Crippen LogP contribution in [0.3, 0.4) is 0 Å². The average Bonchev–Trinajstić information content (AvgIpc) is 3.33. The third-order valence-corrected chi connectivity index (χ3v) is 4.41. The smallest absolute Gasteiger partial charge is 0.416 e. The Morgan fingerprint density at radius 3 is 2.39 bits per heavy atom. The first-order valence-electron chi connectivity index (χ1n) is 8.43. The third-order valence-electron chi connectivity index (χ3n) is 4.41. The topological polar surface area (TPSA) is 58.6 Å². The van der Waals surface area contributed by atoms with Crippen molar-refractivity contribution in [3.8, 4) is 17.3 Å². The van der Waals surface area contributed by atoms with Crippen molar-refractivity contribution in [2.75, 3.05) is 0 Å². The van der Waals surface area contributed by atoms with Crippen molar-refractivity contribution in [2.24, 2.45) is 0 Å². The molecule has 0 fully saturated rings. The first-order chi connectivity index (χ1) is 13.5. The Kier molecular flexibility index (Phi) is 3.48. The van der Waals surface area contributed by atoms with Crippen LogP contribution in [0.15, 0.2) is 71.3 Å². The van der Waals surface area contributed by atoms with E-state index in [0.29, 0.717) is 39.6 Å². The Hall–Kier alpha value is -3.68. The highest BCUT2D eigenvalue weighted by atomic mass is 19.4. The molecule has 5 aromatic rings. The Morgan fingerprint density at radius 1 is 0.893 bits per heavy atom. The summed E-state index contributed by atoms with van der Waals surface area (Å²) in [6, 6.07) is 15.8. The lowest BCUT2D eigenvalue weighted by Crippen LogP contribution is -2.33. The standard InChI is InChI=1S/C20H11F3N4O/c21-20(22,23)12-5-3-6-13(11-12)27-18(16-9-4-10-28-16)26-17-19(27)25-15-8-2-1-7-14(15)24-17/h1-11H/p+1. The third kappa shape index (κ3) is 2.61. The predicted octanol–water partition coefficient (Wildman–Crippen LogP) is 4.67. The zero-order valence-corrected chi connectivity index (χ0v) is 14.2. The van der Waals surface area contributed by atoms with Crippen LogP contribution < -0.4 is 4.57 Å². The van der Waals surface area contributed by atoms with Gasteiger partial charge in [0, 0.05) is 0 Å². The maximum Gasteiger partial charge on any atom is 0.416 e. The van der Waals surface area contributed by atoms with Gasteiger partial charge in [-0.05, 0) is 42.5 Å². The van der Waals surface area contributed by atoms with Crippen molar-refractivity contribution in [1.29, 1.82) is 0 Å². The van der Waals surface area contributed by atoms with E-state index in [1.807, 2.05) is 18.2 Å². The van der Waals surface area contributed by atoms with E-state index >= 15 is 0 Å². The number of para-hydroxylation sites is 2. The number of furan rings is 1. The van der Waals surface area contributed by atoms with Gasteiger partial charge in [-0.25, -0.2) is 9.97 Å². The van der Waals surface area contributed by atoms with Gasteiger partial charge < -0.3 is 4.42 Å². The van der Waals surface area contributed by atoms with Crippen LogP contribution in [-0.2, 0) is 6.18 Å². The molecular formula is C20H12F3N4O+. The summed E-state index contributed by atoms with van der Waals surface area (Å²) in [4.78, 5) is 12.3. The van der Waals surface area contributed by atoms with Crippen molar-refractivity contribution in [2.45, 2.75) is 6.18 Å². The second-order valence-corrected chi connectivity index (χ2v) is 6.22. The second-order valence-electron chi connectivity index (χ2n) is 6.22. The molecule has 0 aliphatic carbocycles. The fourth-order valence-electron chi connectivity index (χ4n) is 3.16. The number of H-pyrrole nitrogens is 1. The van der Waals surface area contributed by atoms with Crippen LogP contribution in [0, 0.1) is 0 Å². The number of benzene rings is 2. The SMILES string of the molecule is FC(F)(F)c1cccc(-[n+]2c(-c3ccco3)[nH]c3nc4ccccc4nc32)c1. The molecule has 138 valence electrons. The number of hydrogen-bond donors (Lipinski definition) is 1. The van der Waals surface area contributed by atoms with Crippen molar-refractivity contribution in [1.82, 2.24) is 15.0 Å². The van der Waals surface area contributed by atoms with Crippen LogP contribution >= 0.6 is 0 Å². The lowest BCUT2D eigenvalue weighted by Gasteiger charge is -2.08. The monoisotopic (exact) mass is 381 g/mol. The van der Waals surface area contributed by atoms with Gasteiger partial charge >= 0.3 is 11.8 Å². The van der Waals surface area contributed by atoms with Gasteiger partial charge in [0.15, 0.2) is 11.3 Å². The summed E-state index contributed by atoms with van der Waals surface area (Å²) >= 11 is 0. The molecule has 0 aliphatic heterocycles. The molecule has 0 aliphatic rings. The largest absolute Gasteiger partial charge is 0.458 e. The maximum atomic E-state index is 13.2. The van der Waals surface area contributed by atoms with Gasteiger partial charge in [0.2, 0.25) is 0 Å². The van der Waals surface area contributed by atoms with Gasteiger partial charge in [0.05, 0.1) is 11.8 Å². The number of imidazole rings is 1. The van der Waals surface area contributed by atoms with Gasteiger partial charge in [0.1, 0.15) is 11.2 Å². The first kappa shape index (κ1) is 16.5. The number of alkyl halides is 3. The quantitative estimate of drug-likeness (QED) is 0.452. The summed E-state index contributed by atoms with van der Waals surface area (Å²) in [5.74, 6) is 0.913. The molecule has 0 unspecified atom stereocenters. The minimum atomic E-state index is -4.45. The number of rotatable bonds is 2. The van der Waals surface area contributed by atoms with Crippen molar-refractivity contribution < 1.29 is 22.2 Å². The van der Waals surface area contributed by atoms with Crippen LogP contribution in [-0.4, -0.2) is 15.0 Å². The molecule has 0 spiro atoms. The van der Waals surface area contributed by atoms with Gasteiger partial charge in [0.25, 0.3) is 11.5 Å². The zero-order chi connectivity index (χ0) is 19.3. The zero-order valence-electron chi connectivity index (χ0n) is 14.2. The predicted molar refractivity (Wildman–Crippen MR) is 95.6 cm³/mol. The minimum Gasteiger partial charge on any atom is -0.458 e. The van der Waals surface area contributed by atoms with E-state index in [4.69, 9.17) is 4.42 Å². The highest BCUT2D eigenvalue weighted by Crippen LogP contribution is 2.30. The van der Waals surface area contributed by atoms with Crippen LogP contribution in [0.2, 0.25) is 0 Å². The molecule has 28 heavy (non-hydrogen) atoms. The molecule has 5 nitrogen and oxygen atoms in total. The van der Waals surface area contributed by atoms with Crippen molar-refractivity contribution in [3.05, 3.63) is 72.5 Å². The molecule has 2 aromatic carbocycles. The van der Waals surface area contributed by atoms with Gasteiger partial charge in [-0.2, -0.15) is 17.7 Å². The molecule has 0 saturated carbocycles. The van der Waals surface area contributed by atoms with E-state index in [2.05, 4.69) is 15.0 Å². The molecular weight excluding hydrogens is 369 g/mol. The summed E-state index contributed by atoms with van der Waals surface area (Å²) in [6.07, 6.45) is -2.96. The maximum absolute atomic E-state index is 13.2. The summed E-state index contributed by atoms with van der Waals surface area (Å²) in [7, 11) is 0. The number of aromatic amines is 1. The van der Waals surface area contributed by atoms with E-state index in [9.17, 15) is 13.2 Å². The number of halogens is 3. The number of aromatic nitrogens is 4. The minimum absolute atomic E-state index is 0.303. The van der Waals surface area contributed by atoms with Crippen LogP contribution in [0.4, 0.5) is 13.2 Å². The average molecular weight is 381 g/mol. The molecule has 3 aromatic heterocycles. The van der Waals surface area contributed by atoms with E-state index in [0.717, 1.165) is 12.1 Å². The number of nitrogens with one attached hydrogen (secondary N) is 1. The van der Waals surface area contributed by atoms with E-state index in [1.165, 1.54) is 12.3 Å². The summed E-state index contributed by atoms with van der Waals surface area (Å²) in [5.41, 5.74) is 1.73. The molecule has 3 heterocycles. The molecule has 0 bridgehead atoms. The Morgan fingerprint density at radius 2 is 1.68 bits per heavy atom. The van der Waals surface area contributed by atoms with E-state index in [-0.39, 0.29) is 0 Å². The molecule has 0 radical (unpaired) electrons. The molecule has 8 heteroatoms. The second kappa shape index (κ2) is 5.91. The fraction of sp³-hybridized carbons (Fsp3) is 0.0500. The van der Waals surface area contributed by atoms with E-state index < -0.39 is 11.7 Å². The highest BCUT2D eigenvalue weighted by Gasteiger charge is 2.32. The summed E-state index contributed by atoms with van der Waals surface area (Å²) in [5, 5.41) is 0. The fourth-order valence-corrected chi connectivity index (χ4v) is 3.16. The lowest BCUT2D eigenvalue weighted by atomic mass is 10.2. The van der Waals surface area contributed by atoms with Crippen LogP contribution in [0.5, 0.6) is 0 Å². The molecule has 0 amide bonds. The van der Waals surface area contributed by atoms with Crippen LogP contribution in [0.25, 0.3) is 39.6 Å². The van der Waals surface area contributed by atoms with Gasteiger partial charge in [-0.3, -0.25) is 0 Å². The molecule has 5 rings (SSSR count). The first-order valence-corrected chi connectivity index (χ1v) is 8.43. The van der Waals surface area contributed by atoms with Crippen LogP contribution in [0.1, 0.15) is 5.56 Å². The Labute approximate surface area is 156 Å². The normalized spacial score (nSPS) is 12.1. The summed E-state index contributed by atoms with van der Waals surface area (Å²) < 4.78 is 46.8. The van der Waals surface area contributed by atoms with E-state index in [1.54, 1.807) is 28.8 Å². The highest BCUT2D eigenvalue weighted by molar-refractivity contribution is 5.82. The Balaban J connectivity index is 1.85. The van der Waals surface area contributed by atoms with Crippen molar-refractivity contribution >= 4 is 22.3 Å². The molecule has 0 atom stereocenters. The van der Waals surface area contributed by atoms with Gasteiger partial charge in [-0.1, -0.05) is 23.2 Å². The van der Waals surface area contributed by atoms with Crippen molar-refractivity contribution in [3.63, 3.8) is 0 Å². The lowest BCUT2D eigenvalue weighted by molar-refractivity contribution is -0.557. The molecule has 1 N–H and O–H groups in total. The number of hydrogen-bond acceptors (Lipinski definition) is 3.